The van der Waals surface area contributed by atoms with Crippen molar-refractivity contribution >= 4 is 16.3 Å². The molecule has 0 radical (unpaired) electrons. The molecule has 1 N–H and O–H groups in total. The minimum absolute atomic E-state index is 0.257. The fourth-order valence-electron chi connectivity index (χ4n) is 3.30. The van der Waals surface area contributed by atoms with Gasteiger partial charge >= 0.3 is 0 Å². The highest BCUT2D eigenvalue weighted by Crippen LogP contribution is 2.44. The van der Waals surface area contributed by atoms with Crippen LogP contribution in [0.25, 0.3) is 4.96 Å². The Morgan fingerprint density at radius 2 is 2.44 bits per heavy atom. The van der Waals surface area contributed by atoms with Gasteiger partial charge in [-0.3, -0.25) is 4.40 Å². The van der Waals surface area contributed by atoms with Crippen LogP contribution in [0.4, 0.5) is 0 Å². The first kappa shape index (κ1) is 12.2. The van der Waals surface area contributed by atoms with Gasteiger partial charge in [-0.1, -0.05) is 20.3 Å². The van der Waals surface area contributed by atoms with Crippen LogP contribution in [0.2, 0.25) is 0 Å². The third-order valence-electron chi connectivity index (χ3n) is 4.37. The largest absolute Gasteiger partial charge is 0.392 e. The zero-order chi connectivity index (χ0) is 12.8. The van der Waals surface area contributed by atoms with Crippen LogP contribution in [0.5, 0.6) is 0 Å². The van der Waals surface area contributed by atoms with Gasteiger partial charge in [0.25, 0.3) is 0 Å². The SMILES string of the molecule is CC1(C)CCCC1C(O)Cc1cn2ccsc2n1. The maximum absolute atomic E-state index is 10.5. The highest BCUT2D eigenvalue weighted by Gasteiger charge is 2.38. The first-order chi connectivity index (χ1) is 8.56. The number of nitrogens with zero attached hydrogens (tertiary/aromatic N) is 2. The number of aliphatic hydroxyl groups excluding tert-OH is 1. The molecule has 98 valence electrons. The molecule has 2 unspecified atom stereocenters. The third kappa shape index (κ3) is 2.08. The summed E-state index contributed by atoms with van der Waals surface area (Å²) in [6.07, 6.45) is 8.10. The summed E-state index contributed by atoms with van der Waals surface area (Å²) in [6, 6.07) is 0. The van der Waals surface area contributed by atoms with Gasteiger partial charge in [-0.05, 0) is 24.2 Å². The van der Waals surface area contributed by atoms with Crippen LogP contribution in [-0.2, 0) is 6.42 Å². The highest BCUT2D eigenvalue weighted by molar-refractivity contribution is 7.15. The lowest BCUT2D eigenvalue weighted by molar-refractivity contribution is 0.0537. The fraction of sp³-hybridized carbons (Fsp3) is 0.643. The van der Waals surface area contributed by atoms with Crippen LogP contribution in [0.1, 0.15) is 38.8 Å². The zero-order valence-corrected chi connectivity index (χ0v) is 11.8. The minimum atomic E-state index is -0.257. The molecule has 3 nitrogen and oxygen atoms in total. The zero-order valence-electron chi connectivity index (χ0n) is 11.0. The van der Waals surface area contributed by atoms with E-state index in [0.717, 1.165) is 17.1 Å². The number of hydrogen-bond donors (Lipinski definition) is 1. The Labute approximate surface area is 111 Å². The molecule has 1 aliphatic carbocycles. The number of imidazole rings is 1. The standard InChI is InChI=1S/C14H20N2OS/c1-14(2)5-3-4-11(14)12(17)8-10-9-16-6-7-18-13(16)15-10/h6-7,9,11-12,17H,3-5,8H2,1-2H3. The van der Waals surface area contributed by atoms with Crippen LogP contribution < -0.4 is 0 Å². The molecule has 0 aliphatic heterocycles. The van der Waals surface area contributed by atoms with Gasteiger partial charge in [0.15, 0.2) is 4.96 Å². The molecule has 1 fully saturated rings. The summed E-state index contributed by atoms with van der Waals surface area (Å²) >= 11 is 1.64. The molecule has 2 aromatic heterocycles. The maximum atomic E-state index is 10.5. The van der Waals surface area contributed by atoms with Crippen molar-refractivity contribution in [3.05, 3.63) is 23.5 Å². The second-order valence-electron chi connectivity index (χ2n) is 6.08. The van der Waals surface area contributed by atoms with Gasteiger partial charge in [0, 0.05) is 24.2 Å². The summed E-state index contributed by atoms with van der Waals surface area (Å²) in [7, 11) is 0. The van der Waals surface area contributed by atoms with Crippen LogP contribution in [0.3, 0.4) is 0 Å². The lowest BCUT2D eigenvalue weighted by Crippen LogP contribution is -2.31. The molecular weight excluding hydrogens is 244 g/mol. The Hall–Kier alpha value is -0.870. The average Bonchev–Trinajstić information content (AvgIpc) is 2.91. The van der Waals surface area contributed by atoms with Crippen molar-refractivity contribution in [3.8, 4) is 0 Å². The molecule has 0 saturated heterocycles. The molecule has 0 bridgehead atoms. The van der Waals surface area contributed by atoms with Gasteiger partial charge in [-0.2, -0.15) is 0 Å². The van der Waals surface area contributed by atoms with E-state index in [9.17, 15) is 5.11 Å². The molecule has 1 saturated carbocycles. The lowest BCUT2D eigenvalue weighted by Gasteiger charge is -2.30. The third-order valence-corrected chi connectivity index (χ3v) is 5.14. The molecule has 4 heteroatoms. The predicted molar refractivity (Wildman–Crippen MR) is 73.9 cm³/mol. The van der Waals surface area contributed by atoms with Crippen LogP contribution in [0.15, 0.2) is 17.8 Å². The maximum Gasteiger partial charge on any atom is 0.193 e. The molecule has 1 aliphatic rings. The molecule has 3 rings (SSSR count). The van der Waals surface area contributed by atoms with E-state index in [0.29, 0.717) is 12.3 Å². The first-order valence-corrected chi connectivity index (χ1v) is 7.53. The van der Waals surface area contributed by atoms with Crippen molar-refractivity contribution in [1.82, 2.24) is 9.38 Å². The van der Waals surface area contributed by atoms with Crippen LogP contribution in [-0.4, -0.2) is 20.6 Å². The summed E-state index contributed by atoms with van der Waals surface area (Å²) in [4.78, 5) is 5.57. The van der Waals surface area contributed by atoms with E-state index in [1.165, 1.54) is 12.8 Å². The Balaban J connectivity index is 1.74. The summed E-state index contributed by atoms with van der Waals surface area (Å²) in [5.41, 5.74) is 1.29. The van der Waals surface area contributed by atoms with E-state index in [-0.39, 0.29) is 11.5 Å². The number of thiazole rings is 1. The topological polar surface area (TPSA) is 37.5 Å². The van der Waals surface area contributed by atoms with E-state index in [1.54, 1.807) is 11.3 Å². The van der Waals surface area contributed by atoms with Gasteiger partial charge in [0.1, 0.15) is 0 Å². The number of aromatic nitrogens is 2. The van der Waals surface area contributed by atoms with Gasteiger partial charge < -0.3 is 5.11 Å². The van der Waals surface area contributed by atoms with E-state index >= 15 is 0 Å². The Morgan fingerprint density at radius 1 is 1.61 bits per heavy atom. The Bertz CT molecular complexity index is 514. The molecule has 2 aromatic rings. The number of aliphatic hydroxyl groups is 1. The van der Waals surface area contributed by atoms with E-state index in [2.05, 4.69) is 18.8 Å². The molecular formula is C14H20N2OS. The molecule has 0 aromatic carbocycles. The number of hydrogen-bond acceptors (Lipinski definition) is 3. The average molecular weight is 264 g/mol. The van der Waals surface area contributed by atoms with Crippen LogP contribution >= 0.6 is 11.3 Å². The van der Waals surface area contributed by atoms with Crippen LogP contribution in [0, 0.1) is 11.3 Å². The second-order valence-corrected chi connectivity index (χ2v) is 6.96. The molecule has 2 heterocycles. The van der Waals surface area contributed by atoms with Gasteiger partial charge in [0.05, 0.1) is 11.8 Å². The molecule has 0 amide bonds. The highest BCUT2D eigenvalue weighted by atomic mass is 32.1. The van der Waals surface area contributed by atoms with E-state index in [1.807, 2.05) is 22.2 Å². The Morgan fingerprint density at radius 3 is 3.11 bits per heavy atom. The normalized spacial score (nSPS) is 24.7. The first-order valence-electron chi connectivity index (χ1n) is 6.65. The monoisotopic (exact) mass is 264 g/mol. The summed E-state index contributed by atoms with van der Waals surface area (Å²) in [6.45, 7) is 4.55. The van der Waals surface area contributed by atoms with E-state index < -0.39 is 0 Å². The van der Waals surface area contributed by atoms with Gasteiger partial charge in [-0.25, -0.2) is 4.98 Å². The van der Waals surface area contributed by atoms with Gasteiger partial charge in [-0.15, -0.1) is 11.3 Å². The van der Waals surface area contributed by atoms with Crippen molar-refractivity contribution in [2.45, 2.75) is 45.6 Å². The summed E-state index contributed by atoms with van der Waals surface area (Å²) in [5.74, 6) is 0.414. The molecule has 2 atom stereocenters. The lowest BCUT2D eigenvalue weighted by atomic mass is 9.77. The number of fused-ring (bicyclic) bond motifs is 1. The molecule has 18 heavy (non-hydrogen) atoms. The van der Waals surface area contributed by atoms with Crippen molar-refractivity contribution in [2.75, 3.05) is 0 Å². The van der Waals surface area contributed by atoms with Crippen molar-refractivity contribution in [1.29, 1.82) is 0 Å². The summed E-state index contributed by atoms with van der Waals surface area (Å²) in [5, 5.41) is 12.5. The fourth-order valence-corrected chi connectivity index (χ4v) is 4.02. The smallest absolute Gasteiger partial charge is 0.193 e. The molecule has 0 spiro atoms. The van der Waals surface area contributed by atoms with Gasteiger partial charge in [0.2, 0.25) is 0 Å². The second kappa shape index (κ2) is 4.35. The Kier molecular flexibility index (Phi) is 2.94. The van der Waals surface area contributed by atoms with Crippen molar-refractivity contribution in [3.63, 3.8) is 0 Å². The quantitative estimate of drug-likeness (QED) is 0.925. The van der Waals surface area contributed by atoms with E-state index in [4.69, 9.17) is 0 Å². The number of rotatable bonds is 3. The summed E-state index contributed by atoms with van der Waals surface area (Å²) < 4.78 is 2.03. The predicted octanol–water partition coefficient (Wildman–Crippen LogP) is 3.13. The van der Waals surface area contributed by atoms with Crippen molar-refractivity contribution < 1.29 is 5.11 Å². The van der Waals surface area contributed by atoms with Crippen molar-refractivity contribution in [2.24, 2.45) is 11.3 Å². The minimum Gasteiger partial charge on any atom is -0.392 e.